The van der Waals surface area contributed by atoms with Crippen molar-refractivity contribution in [1.82, 2.24) is 0 Å². The lowest BCUT2D eigenvalue weighted by atomic mass is 9.98. The average Bonchev–Trinajstić information content (AvgIpc) is 2.02. The summed E-state index contributed by atoms with van der Waals surface area (Å²) in [6.45, 7) is 5.78. The van der Waals surface area contributed by atoms with Gasteiger partial charge in [0.2, 0.25) is 0 Å². The molecule has 0 saturated carbocycles. The third-order valence-corrected chi connectivity index (χ3v) is 2.07. The summed E-state index contributed by atoms with van der Waals surface area (Å²) in [6, 6.07) is 0. The maximum Gasteiger partial charge on any atom is 0.138 e. The summed E-state index contributed by atoms with van der Waals surface area (Å²) in [5, 5.41) is 9.15. The van der Waals surface area contributed by atoms with Crippen molar-refractivity contribution in [1.29, 1.82) is 0 Å². The van der Waals surface area contributed by atoms with Gasteiger partial charge >= 0.3 is 0 Å². The molecule has 0 spiro atoms. The van der Waals surface area contributed by atoms with E-state index < -0.39 is 6.10 Å². The summed E-state index contributed by atoms with van der Waals surface area (Å²) in [4.78, 5) is 11.2. The van der Waals surface area contributed by atoms with E-state index in [4.69, 9.17) is 5.11 Å². The van der Waals surface area contributed by atoms with Gasteiger partial charge in [-0.1, -0.05) is 20.8 Å². The lowest BCUT2D eigenvalue weighted by molar-refractivity contribution is -0.124. The predicted molar refractivity (Wildman–Crippen MR) is 45.4 cm³/mol. The number of ketones is 1. The first-order chi connectivity index (χ1) is 5.11. The SMILES string of the molecule is CCC(O)CC(=O)C(C)CC. The van der Waals surface area contributed by atoms with E-state index in [-0.39, 0.29) is 11.7 Å². The number of aliphatic hydroxyl groups excluding tert-OH is 1. The fourth-order valence-corrected chi connectivity index (χ4v) is 0.805. The Morgan fingerprint density at radius 3 is 2.27 bits per heavy atom. The number of hydrogen-bond acceptors (Lipinski definition) is 2. The Hall–Kier alpha value is -0.370. The van der Waals surface area contributed by atoms with Crippen LogP contribution in [0.1, 0.15) is 40.0 Å². The zero-order valence-corrected chi connectivity index (χ0v) is 7.63. The van der Waals surface area contributed by atoms with Gasteiger partial charge in [0.25, 0.3) is 0 Å². The highest BCUT2D eigenvalue weighted by Crippen LogP contribution is 2.08. The highest BCUT2D eigenvalue weighted by Gasteiger charge is 2.13. The second-order valence-corrected chi connectivity index (χ2v) is 3.04. The molecule has 0 aliphatic heterocycles. The van der Waals surface area contributed by atoms with E-state index in [2.05, 4.69) is 0 Å². The van der Waals surface area contributed by atoms with Crippen LogP contribution in [-0.2, 0) is 4.79 Å². The second-order valence-electron chi connectivity index (χ2n) is 3.04. The van der Waals surface area contributed by atoms with Gasteiger partial charge in [0.15, 0.2) is 0 Å². The number of hydrogen-bond donors (Lipinski definition) is 1. The Kier molecular flexibility index (Phi) is 5.12. The quantitative estimate of drug-likeness (QED) is 0.662. The zero-order valence-electron chi connectivity index (χ0n) is 7.63. The Bertz CT molecular complexity index is 121. The molecule has 0 aromatic carbocycles. The van der Waals surface area contributed by atoms with Crippen molar-refractivity contribution in [3.63, 3.8) is 0 Å². The minimum absolute atomic E-state index is 0.108. The topological polar surface area (TPSA) is 37.3 Å². The molecule has 0 aliphatic carbocycles. The molecule has 0 fully saturated rings. The van der Waals surface area contributed by atoms with Crippen molar-refractivity contribution in [2.75, 3.05) is 0 Å². The fraction of sp³-hybridized carbons (Fsp3) is 0.889. The minimum Gasteiger partial charge on any atom is -0.393 e. The summed E-state index contributed by atoms with van der Waals surface area (Å²) in [6.07, 6.45) is 1.43. The van der Waals surface area contributed by atoms with E-state index in [0.29, 0.717) is 12.8 Å². The first-order valence-electron chi connectivity index (χ1n) is 4.32. The van der Waals surface area contributed by atoms with Crippen molar-refractivity contribution in [3.05, 3.63) is 0 Å². The van der Waals surface area contributed by atoms with Crippen LogP contribution in [0.25, 0.3) is 0 Å². The summed E-state index contributed by atoms with van der Waals surface area (Å²) in [5.74, 6) is 0.290. The van der Waals surface area contributed by atoms with Crippen molar-refractivity contribution in [2.24, 2.45) is 5.92 Å². The van der Waals surface area contributed by atoms with E-state index in [1.54, 1.807) is 0 Å². The smallest absolute Gasteiger partial charge is 0.138 e. The number of Topliss-reactive ketones (excluding diaryl/α,β-unsaturated/α-hetero) is 1. The van der Waals surface area contributed by atoms with Crippen molar-refractivity contribution in [3.8, 4) is 0 Å². The fourth-order valence-electron chi connectivity index (χ4n) is 0.805. The molecule has 2 atom stereocenters. The molecule has 2 heteroatoms. The van der Waals surface area contributed by atoms with Gasteiger partial charge in [0.1, 0.15) is 5.78 Å². The average molecular weight is 158 g/mol. The normalized spacial score (nSPS) is 16.0. The molecule has 0 bridgehead atoms. The maximum atomic E-state index is 11.2. The molecule has 0 aromatic rings. The van der Waals surface area contributed by atoms with E-state index >= 15 is 0 Å². The Morgan fingerprint density at radius 2 is 1.91 bits per heavy atom. The molecule has 11 heavy (non-hydrogen) atoms. The third kappa shape index (κ3) is 4.14. The molecule has 1 N–H and O–H groups in total. The third-order valence-electron chi connectivity index (χ3n) is 2.07. The number of aliphatic hydroxyl groups is 1. The van der Waals surface area contributed by atoms with Gasteiger partial charge in [0, 0.05) is 12.3 Å². The van der Waals surface area contributed by atoms with Crippen molar-refractivity contribution >= 4 is 5.78 Å². The Balaban J connectivity index is 3.68. The van der Waals surface area contributed by atoms with Gasteiger partial charge in [-0.15, -0.1) is 0 Å². The lowest BCUT2D eigenvalue weighted by Crippen LogP contribution is -2.17. The van der Waals surface area contributed by atoms with E-state index in [1.165, 1.54) is 0 Å². The number of carbonyl (C=O) groups is 1. The summed E-state index contributed by atoms with van der Waals surface area (Å²) in [7, 11) is 0. The minimum atomic E-state index is -0.434. The van der Waals surface area contributed by atoms with Gasteiger partial charge in [0.05, 0.1) is 6.10 Å². The summed E-state index contributed by atoms with van der Waals surface area (Å²) < 4.78 is 0. The van der Waals surface area contributed by atoms with Crippen LogP contribution in [0.2, 0.25) is 0 Å². The monoisotopic (exact) mass is 158 g/mol. The van der Waals surface area contributed by atoms with E-state index in [0.717, 1.165) is 6.42 Å². The van der Waals surface area contributed by atoms with Crippen molar-refractivity contribution < 1.29 is 9.90 Å². The van der Waals surface area contributed by atoms with Crippen LogP contribution >= 0.6 is 0 Å². The molecule has 0 rings (SSSR count). The van der Waals surface area contributed by atoms with Crippen LogP contribution in [0, 0.1) is 5.92 Å². The molecular weight excluding hydrogens is 140 g/mol. The molecule has 0 aliphatic rings. The Labute approximate surface area is 68.6 Å². The summed E-state index contributed by atoms with van der Waals surface area (Å²) in [5.41, 5.74) is 0. The molecule has 0 heterocycles. The molecule has 0 aromatic heterocycles. The van der Waals surface area contributed by atoms with Crippen LogP contribution in [0.15, 0.2) is 0 Å². The molecule has 2 nitrogen and oxygen atoms in total. The second kappa shape index (κ2) is 5.30. The van der Waals surface area contributed by atoms with Gasteiger partial charge < -0.3 is 5.11 Å². The standard InChI is InChI=1S/C9H18O2/c1-4-7(3)9(11)6-8(10)5-2/h7-8,10H,4-6H2,1-3H3. The highest BCUT2D eigenvalue weighted by atomic mass is 16.3. The lowest BCUT2D eigenvalue weighted by Gasteiger charge is -2.10. The van der Waals surface area contributed by atoms with Crippen LogP contribution in [0.3, 0.4) is 0 Å². The van der Waals surface area contributed by atoms with Crippen LogP contribution in [-0.4, -0.2) is 17.0 Å². The van der Waals surface area contributed by atoms with Crippen LogP contribution in [0.4, 0.5) is 0 Å². The van der Waals surface area contributed by atoms with Gasteiger partial charge in [-0.2, -0.15) is 0 Å². The van der Waals surface area contributed by atoms with Crippen LogP contribution in [0.5, 0.6) is 0 Å². The van der Waals surface area contributed by atoms with Gasteiger partial charge in [-0.3, -0.25) is 4.79 Å². The van der Waals surface area contributed by atoms with E-state index in [1.807, 2.05) is 20.8 Å². The zero-order chi connectivity index (χ0) is 8.85. The first kappa shape index (κ1) is 10.6. The van der Waals surface area contributed by atoms with Gasteiger partial charge in [-0.05, 0) is 12.8 Å². The van der Waals surface area contributed by atoms with Crippen molar-refractivity contribution in [2.45, 2.75) is 46.1 Å². The number of rotatable bonds is 5. The molecule has 0 radical (unpaired) electrons. The molecular formula is C9H18O2. The van der Waals surface area contributed by atoms with E-state index in [9.17, 15) is 4.79 Å². The number of carbonyl (C=O) groups excluding carboxylic acids is 1. The largest absolute Gasteiger partial charge is 0.393 e. The maximum absolute atomic E-state index is 11.2. The molecule has 0 amide bonds. The molecule has 66 valence electrons. The predicted octanol–water partition coefficient (Wildman–Crippen LogP) is 1.76. The first-order valence-corrected chi connectivity index (χ1v) is 4.32. The highest BCUT2D eigenvalue weighted by molar-refractivity contribution is 5.80. The molecule has 0 saturated heterocycles. The summed E-state index contributed by atoms with van der Waals surface area (Å²) >= 11 is 0. The van der Waals surface area contributed by atoms with Gasteiger partial charge in [-0.25, -0.2) is 0 Å². The molecule has 2 unspecified atom stereocenters. The van der Waals surface area contributed by atoms with Crippen LogP contribution < -0.4 is 0 Å². The Morgan fingerprint density at radius 1 is 1.36 bits per heavy atom.